The van der Waals surface area contributed by atoms with Crippen LogP contribution in [0.4, 0.5) is 0 Å². The molecular weight excluding hydrogens is 222 g/mol. The molecule has 0 aliphatic carbocycles. The minimum absolute atomic E-state index is 0.0474. The van der Waals surface area contributed by atoms with Gasteiger partial charge < -0.3 is 5.32 Å². The fourth-order valence-electron chi connectivity index (χ4n) is 1.09. The Morgan fingerprint density at radius 3 is 2.56 bits per heavy atom. The maximum Gasteiger partial charge on any atom is 0.224 e. The normalized spacial score (nSPS) is 11.2. The molecule has 4 heteroatoms. The van der Waals surface area contributed by atoms with Gasteiger partial charge in [0.25, 0.3) is 0 Å². The summed E-state index contributed by atoms with van der Waals surface area (Å²) in [5.41, 5.74) is 0.598. The van der Waals surface area contributed by atoms with Crippen molar-refractivity contribution in [2.24, 2.45) is 5.41 Å². The fourth-order valence-corrected chi connectivity index (χ4v) is 1.75. The summed E-state index contributed by atoms with van der Waals surface area (Å²) in [7, 11) is 0. The van der Waals surface area contributed by atoms with Crippen molar-refractivity contribution in [2.45, 2.75) is 27.2 Å². The van der Waals surface area contributed by atoms with E-state index in [1.165, 1.54) is 0 Å². The molecule has 1 N–H and O–H groups in total. The fraction of sp³-hybridized carbons (Fsp3) is 0.500. The molecule has 1 aromatic rings. The van der Waals surface area contributed by atoms with Gasteiger partial charge in [-0.25, -0.2) is 0 Å². The summed E-state index contributed by atoms with van der Waals surface area (Å²) in [6.07, 6.45) is 0.348. The smallest absolute Gasteiger partial charge is 0.224 e. The molecule has 0 aliphatic heterocycles. The molecule has 0 spiro atoms. The van der Waals surface area contributed by atoms with Crippen LogP contribution in [0.3, 0.4) is 0 Å². The molecule has 1 rings (SSSR count). The van der Waals surface area contributed by atoms with Gasteiger partial charge in [-0.15, -0.1) is 0 Å². The van der Waals surface area contributed by atoms with Gasteiger partial charge in [-0.05, 0) is 22.4 Å². The molecule has 1 heterocycles. The lowest BCUT2D eigenvalue weighted by atomic mass is 9.91. The van der Waals surface area contributed by atoms with Crippen LogP contribution in [0.25, 0.3) is 0 Å². The van der Waals surface area contributed by atoms with Gasteiger partial charge in [0, 0.05) is 5.41 Å². The van der Waals surface area contributed by atoms with E-state index in [9.17, 15) is 9.59 Å². The number of hydrogen-bond donors (Lipinski definition) is 1. The summed E-state index contributed by atoms with van der Waals surface area (Å²) in [6, 6.07) is 1.91. The average molecular weight is 239 g/mol. The lowest BCUT2D eigenvalue weighted by molar-refractivity contribution is -0.128. The summed E-state index contributed by atoms with van der Waals surface area (Å²) in [5.74, 6) is -0.0535. The number of hydrogen-bond acceptors (Lipinski definition) is 3. The molecule has 88 valence electrons. The number of amides is 1. The maximum atomic E-state index is 11.6. The van der Waals surface area contributed by atoms with Gasteiger partial charge in [-0.1, -0.05) is 20.8 Å². The van der Waals surface area contributed by atoms with E-state index in [-0.39, 0.29) is 18.2 Å². The molecule has 1 aromatic heterocycles. The van der Waals surface area contributed by atoms with Gasteiger partial charge in [0.05, 0.1) is 13.0 Å². The average Bonchev–Trinajstić information content (AvgIpc) is 2.65. The number of rotatable bonds is 4. The Labute approximate surface area is 99.9 Å². The van der Waals surface area contributed by atoms with E-state index >= 15 is 0 Å². The quantitative estimate of drug-likeness (QED) is 0.873. The monoisotopic (exact) mass is 239 g/mol. The molecule has 0 fully saturated rings. The van der Waals surface area contributed by atoms with E-state index in [1.807, 2.05) is 37.6 Å². The van der Waals surface area contributed by atoms with E-state index in [2.05, 4.69) is 5.32 Å². The highest BCUT2D eigenvalue weighted by molar-refractivity contribution is 7.07. The second-order valence-electron chi connectivity index (χ2n) is 4.76. The summed E-state index contributed by atoms with van der Waals surface area (Å²) >= 11 is 1.56. The molecule has 0 saturated carbocycles. The van der Waals surface area contributed by atoms with Gasteiger partial charge in [0.1, 0.15) is 0 Å². The molecule has 0 saturated heterocycles. The predicted octanol–water partition coefficient (Wildman–Crippen LogP) is 2.02. The van der Waals surface area contributed by atoms with Crippen molar-refractivity contribution in [3.05, 3.63) is 22.4 Å². The van der Waals surface area contributed by atoms with E-state index in [4.69, 9.17) is 0 Å². The van der Waals surface area contributed by atoms with Crippen molar-refractivity contribution in [1.82, 2.24) is 5.32 Å². The van der Waals surface area contributed by atoms with Gasteiger partial charge in [-0.2, -0.15) is 11.3 Å². The molecule has 0 unspecified atom stereocenters. The lowest BCUT2D eigenvalue weighted by Crippen LogP contribution is -2.36. The Balaban J connectivity index is 2.34. The van der Waals surface area contributed by atoms with Crippen molar-refractivity contribution in [3.8, 4) is 0 Å². The Morgan fingerprint density at radius 1 is 1.38 bits per heavy atom. The number of carbonyl (C=O) groups is 2. The first-order valence-corrected chi connectivity index (χ1v) is 6.15. The predicted molar refractivity (Wildman–Crippen MR) is 65.5 cm³/mol. The Bertz CT molecular complexity index is 363. The minimum atomic E-state index is -0.393. The highest BCUT2D eigenvalue weighted by atomic mass is 32.1. The van der Waals surface area contributed by atoms with Crippen LogP contribution in [0.1, 0.15) is 26.3 Å². The van der Waals surface area contributed by atoms with Crippen LogP contribution < -0.4 is 5.32 Å². The summed E-state index contributed by atoms with van der Waals surface area (Å²) in [4.78, 5) is 23.0. The molecule has 16 heavy (non-hydrogen) atoms. The summed E-state index contributed by atoms with van der Waals surface area (Å²) in [5, 5.41) is 6.51. The number of ketones is 1. The standard InChI is InChI=1S/C12H17NO2S/c1-12(2,3)10(14)7-13-11(15)6-9-4-5-16-8-9/h4-5,8H,6-7H2,1-3H3,(H,13,15). The van der Waals surface area contributed by atoms with Crippen LogP contribution in [0.2, 0.25) is 0 Å². The third-order valence-corrected chi connectivity index (χ3v) is 2.96. The van der Waals surface area contributed by atoms with Crippen molar-refractivity contribution in [3.63, 3.8) is 0 Å². The van der Waals surface area contributed by atoms with Crippen LogP contribution in [0.15, 0.2) is 16.8 Å². The molecule has 0 aliphatic rings. The minimum Gasteiger partial charge on any atom is -0.349 e. The van der Waals surface area contributed by atoms with Crippen LogP contribution in [-0.2, 0) is 16.0 Å². The molecular formula is C12H17NO2S. The Hall–Kier alpha value is -1.16. The van der Waals surface area contributed by atoms with Crippen molar-refractivity contribution < 1.29 is 9.59 Å². The van der Waals surface area contributed by atoms with Crippen molar-refractivity contribution in [2.75, 3.05) is 6.54 Å². The molecule has 0 atom stereocenters. The topological polar surface area (TPSA) is 46.2 Å². The van der Waals surface area contributed by atoms with Gasteiger partial charge in [0.15, 0.2) is 5.78 Å². The molecule has 3 nitrogen and oxygen atoms in total. The second kappa shape index (κ2) is 5.25. The zero-order valence-corrected chi connectivity index (χ0v) is 10.7. The Morgan fingerprint density at radius 2 is 2.06 bits per heavy atom. The van der Waals surface area contributed by atoms with Crippen LogP contribution >= 0.6 is 11.3 Å². The maximum absolute atomic E-state index is 11.6. The number of thiophene rings is 1. The number of Topliss-reactive ketones (excluding diaryl/α,β-unsaturated/α-hetero) is 1. The van der Waals surface area contributed by atoms with E-state index in [0.29, 0.717) is 6.42 Å². The molecule has 0 radical (unpaired) electrons. The molecule has 1 amide bonds. The highest BCUT2D eigenvalue weighted by Crippen LogP contribution is 2.13. The number of carbonyl (C=O) groups excluding carboxylic acids is 2. The number of nitrogens with one attached hydrogen (secondary N) is 1. The highest BCUT2D eigenvalue weighted by Gasteiger charge is 2.21. The lowest BCUT2D eigenvalue weighted by Gasteiger charge is -2.16. The third kappa shape index (κ3) is 4.14. The summed E-state index contributed by atoms with van der Waals surface area (Å²) in [6.45, 7) is 5.66. The molecule has 0 bridgehead atoms. The van der Waals surface area contributed by atoms with E-state index < -0.39 is 5.41 Å². The zero-order valence-electron chi connectivity index (χ0n) is 9.87. The van der Waals surface area contributed by atoms with Crippen molar-refractivity contribution in [1.29, 1.82) is 0 Å². The van der Waals surface area contributed by atoms with E-state index in [0.717, 1.165) is 5.56 Å². The van der Waals surface area contributed by atoms with Crippen molar-refractivity contribution >= 4 is 23.0 Å². The van der Waals surface area contributed by atoms with Crippen LogP contribution in [0.5, 0.6) is 0 Å². The first-order chi connectivity index (χ1) is 7.39. The third-order valence-electron chi connectivity index (χ3n) is 2.23. The summed E-state index contributed by atoms with van der Waals surface area (Å²) < 4.78 is 0. The van der Waals surface area contributed by atoms with Crippen LogP contribution in [0, 0.1) is 5.41 Å². The molecule has 0 aromatic carbocycles. The largest absolute Gasteiger partial charge is 0.349 e. The van der Waals surface area contributed by atoms with Gasteiger partial charge in [-0.3, -0.25) is 9.59 Å². The van der Waals surface area contributed by atoms with Gasteiger partial charge >= 0.3 is 0 Å². The second-order valence-corrected chi connectivity index (χ2v) is 5.54. The van der Waals surface area contributed by atoms with Gasteiger partial charge in [0.2, 0.25) is 5.91 Å². The van der Waals surface area contributed by atoms with Crippen LogP contribution in [-0.4, -0.2) is 18.2 Å². The zero-order chi connectivity index (χ0) is 12.2. The first-order valence-electron chi connectivity index (χ1n) is 5.20. The van der Waals surface area contributed by atoms with E-state index in [1.54, 1.807) is 11.3 Å². The Kier molecular flexibility index (Phi) is 4.24. The first kappa shape index (κ1) is 12.9. The SMILES string of the molecule is CC(C)(C)C(=O)CNC(=O)Cc1ccsc1.